The van der Waals surface area contributed by atoms with E-state index in [2.05, 4.69) is 0 Å². The highest BCUT2D eigenvalue weighted by atomic mass is 19.1. The average molecular weight is 470 g/mol. The van der Waals surface area contributed by atoms with E-state index in [0.717, 1.165) is 11.6 Å². The lowest BCUT2D eigenvalue weighted by molar-refractivity contribution is -0.0815. The van der Waals surface area contributed by atoms with Gasteiger partial charge in [0.15, 0.2) is 0 Å². The summed E-state index contributed by atoms with van der Waals surface area (Å²) in [4.78, 5) is 14.7. The van der Waals surface area contributed by atoms with Crippen molar-refractivity contribution in [1.29, 1.82) is 0 Å². The van der Waals surface area contributed by atoms with Crippen LogP contribution in [-0.2, 0) is 10.3 Å². The van der Waals surface area contributed by atoms with Crippen molar-refractivity contribution < 1.29 is 27.8 Å². The Morgan fingerprint density at radius 3 is 2.21 bits per heavy atom. The molecule has 1 saturated heterocycles. The quantitative estimate of drug-likeness (QED) is 0.458. The van der Waals surface area contributed by atoms with Gasteiger partial charge in [0.05, 0.1) is 12.1 Å². The van der Waals surface area contributed by atoms with Crippen molar-refractivity contribution in [3.63, 3.8) is 0 Å². The molecule has 1 heterocycles. The molecule has 4 rings (SSSR count). The molecule has 3 aromatic rings. The monoisotopic (exact) mass is 469 g/mol. The number of carbonyl (C=O) groups is 1. The van der Waals surface area contributed by atoms with Gasteiger partial charge in [-0.2, -0.15) is 0 Å². The normalized spacial score (nSPS) is 20.1. The van der Waals surface area contributed by atoms with E-state index in [4.69, 9.17) is 4.74 Å². The van der Waals surface area contributed by atoms with Crippen LogP contribution in [0.4, 0.5) is 18.0 Å². The van der Waals surface area contributed by atoms with Gasteiger partial charge in [-0.05, 0) is 54.8 Å². The predicted octanol–water partition coefficient (Wildman–Crippen LogP) is 6.34. The molecule has 3 atom stereocenters. The highest BCUT2D eigenvalue weighted by Crippen LogP contribution is 2.40. The second-order valence-corrected chi connectivity index (χ2v) is 8.79. The third-order valence-electron chi connectivity index (χ3n) is 6.37. The first kappa shape index (κ1) is 23.8. The molecule has 1 aliphatic heterocycles. The summed E-state index contributed by atoms with van der Waals surface area (Å²) < 4.78 is 46.7. The van der Waals surface area contributed by atoms with Crippen LogP contribution < -0.4 is 0 Å². The van der Waals surface area contributed by atoms with Crippen molar-refractivity contribution in [2.75, 3.05) is 6.54 Å². The summed E-state index contributed by atoms with van der Waals surface area (Å²) >= 11 is 0. The Bertz CT molecular complexity index is 1160. The van der Waals surface area contributed by atoms with Crippen LogP contribution in [0, 0.1) is 17.5 Å². The van der Waals surface area contributed by atoms with E-state index in [1.165, 1.54) is 24.3 Å². The zero-order valence-electron chi connectivity index (χ0n) is 19.0. The number of cyclic esters (lactones) is 1. The number of aliphatic hydroxyl groups excluding tert-OH is 1. The first-order valence-corrected chi connectivity index (χ1v) is 11.2. The number of benzene rings is 3. The van der Waals surface area contributed by atoms with Gasteiger partial charge in [0, 0.05) is 31.0 Å². The summed E-state index contributed by atoms with van der Waals surface area (Å²) in [5, 5.41) is 10.1. The predicted molar refractivity (Wildman–Crippen MR) is 122 cm³/mol. The van der Waals surface area contributed by atoms with Crippen LogP contribution in [0.25, 0.3) is 11.1 Å². The first-order chi connectivity index (χ1) is 16.2. The molecule has 0 aliphatic carbocycles. The SMILES string of the molecule is C[C@@H](O)C[C@]1(c2ccc(F)cc2)CCN([C@@H](C)c2ccc(-c3ccc(F)cc3F)cc2)C(=O)O1. The van der Waals surface area contributed by atoms with Gasteiger partial charge < -0.3 is 14.7 Å². The van der Waals surface area contributed by atoms with Gasteiger partial charge >= 0.3 is 6.09 Å². The molecular formula is C27H26F3NO3. The number of rotatable bonds is 6. The second-order valence-electron chi connectivity index (χ2n) is 8.79. The van der Waals surface area contributed by atoms with Crippen molar-refractivity contribution in [2.45, 2.75) is 44.4 Å². The number of aliphatic hydroxyl groups is 1. The second kappa shape index (κ2) is 9.50. The Morgan fingerprint density at radius 1 is 0.971 bits per heavy atom. The minimum Gasteiger partial charge on any atom is -0.438 e. The van der Waals surface area contributed by atoms with E-state index in [-0.39, 0.29) is 12.5 Å². The molecule has 1 N–H and O–H groups in total. The van der Waals surface area contributed by atoms with Crippen LogP contribution in [0.1, 0.15) is 43.9 Å². The molecule has 3 aromatic carbocycles. The molecule has 178 valence electrons. The highest BCUT2D eigenvalue weighted by Gasteiger charge is 2.44. The summed E-state index contributed by atoms with van der Waals surface area (Å²) in [6.45, 7) is 3.87. The Labute approximate surface area is 196 Å². The van der Waals surface area contributed by atoms with Gasteiger partial charge in [0.2, 0.25) is 0 Å². The third kappa shape index (κ3) is 4.80. The van der Waals surface area contributed by atoms with E-state index < -0.39 is 35.2 Å². The van der Waals surface area contributed by atoms with Crippen LogP contribution in [0.3, 0.4) is 0 Å². The molecule has 0 aromatic heterocycles. The molecule has 0 unspecified atom stereocenters. The van der Waals surface area contributed by atoms with Crippen LogP contribution >= 0.6 is 0 Å². The Kier molecular flexibility index (Phi) is 6.66. The number of hydrogen-bond donors (Lipinski definition) is 1. The summed E-state index contributed by atoms with van der Waals surface area (Å²) in [5.74, 6) is -1.67. The number of amides is 1. The average Bonchev–Trinajstić information content (AvgIpc) is 2.79. The van der Waals surface area contributed by atoms with E-state index in [9.17, 15) is 23.1 Å². The molecular weight excluding hydrogens is 443 g/mol. The number of carbonyl (C=O) groups excluding carboxylic acids is 1. The van der Waals surface area contributed by atoms with Gasteiger partial charge in [-0.3, -0.25) is 0 Å². The van der Waals surface area contributed by atoms with E-state index in [0.29, 0.717) is 29.7 Å². The van der Waals surface area contributed by atoms with Crippen LogP contribution in [0.5, 0.6) is 0 Å². The molecule has 0 saturated carbocycles. The standard InChI is InChI=1S/C27H26F3NO3/c1-17(32)16-27(21-7-9-22(28)10-8-21)13-14-31(26(33)34-27)18(2)19-3-5-20(6-4-19)24-12-11-23(29)15-25(24)30/h3-12,15,17-18,32H,13-14,16H2,1-2H3/t17-,18+,27+/m1/s1. The minimum atomic E-state index is -1.04. The molecule has 7 heteroatoms. The number of nitrogens with zero attached hydrogens (tertiary/aromatic N) is 1. The van der Waals surface area contributed by atoms with Crippen LogP contribution in [0.2, 0.25) is 0 Å². The van der Waals surface area contributed by atoms with Crippen LogP contribution in [0.15, 0.2) is 66.7 Å². The molecule has 4 nitrogen and oxygen atoms in total. The minimum absolute atomic E-state index is 0.199. The van der Waals surface area contributed by atoms with Crippen molar-refractivity contribution in [1.82, 2.24) is 4.90 Å². The number of halogens is 3. The number of ether oxygens (including phenoxy) is 1. The van der Waals surface area contributed by atoms with Gasteiger partial charge in [0.25, 0.3) is 0 Å². The fourth-order valence-corrected chi connectivity index (χ4v) is 4.56. The maximum atomic E-state index is 14.1. The van der Waals surface area contributed by atoms with Crippen LogP contribution in [-0.4, -0.2) is 28.7 Å². The summed E-state index contributed by atoms with van der Waals surface area (Å²) in [6.07, 6.45) is -0.623. The Morgan fingerprint density at radius 2 is 1.62 bits per heavy atom. The fraction of sp³-hybridized carbons (Fsp3) is 0.296. The molecule has 1 fully saturated rings. The van der Waals surface area contributed by atoms with Crippen molar-refractivity contribution in [3.8, 4) is 11.1 Å². The Hall–Kier alpha value is -3.32. The van der Waals surface area contributed by atoms with Gasteiger partial charge in [-0.25, -0.2) is 18.0 Å². The maximum absolute atomic E-state index is 14.1. The Balaban J connectivity index is 1.53. The van der Waals surface area contributed by atoms with Crippen molar-refractivity contribution >= 4 is 6.09 Å². The molecule has 0 bridgehead atoms. The van der Waals surface area contributed by atoms with Gasteiger partial charge in [-0.15, -0.1) is 0 Å². The zero-order chi connectivity index (χ0) is 24.5. The molecule has 1 amide bonds. The van der Waals surface area contributed by atoms with Crippen molar-refractivity contribution in [2.24, 2.45) is 0 Å². The van der Waals surface area contributed by atoms with E-state index >= 15 is 0 Å². The molecule has 0 spiro atoms. The first-order valence-electron chi connectivity index (χ1n) is 11.2. The summed E-state index contributed by atoms with van der Waals surface area (Å²) in [6, 6.07) is 16.0. The van der Waals surface area contributed by atoms with Gasteiger partial charge in [-0.1, -0.05) is 36.4 Å². The fourth-order valence-electron chi connectivity index (χ4n) is 4.56. The lowest BCUT2D eigenvalue weighted by atomic mass is 9.83. The molecule has 34 heavy (non-hydrogen) atoms. The van der Waals surface area contributed by atoms with Gasteiger partial charge in [0.1, 0.15) is 23.1 Å². The van der Waals surface area contributed by atoms with E-state index in [1.54, 1.807) is 48.2 Å². The topological polar surface area (TPSA) is 49.8 Å². The maximum Gasteiger partial charge on any atom is 0.411 e. The third-order valence-corrected chi connectivity index (χ3v) is 6.37. The summed E-state index contributed by atoms with van der Waals surface area (Å²) in [7, 11) is 0. The summed E-state index contributed by atoms with van der Waals surface area (Å²) in [5.41, 5.74) is 1.32. The van der Waals surface area contributed by atoms with Crippen molar-refractivity contribution in [3.05, 3.63) is 95.3 Å². The number of hydrogen-bond acceptors (Lipinski definition) is 3. The molecule has 0 radical (unpaired) electrons. The largest absolute Gasteiger partial charge is 0.438 e. The smallest absolute Gasteiger partial charge is 0.411 e. The highest BCUT2D eigenvalue weighted by molar-refractivity contribution is 5.70. The lowest BCUT2D eigenvalue weighted by Gasteiger charge is -2.44. The zero-order valence-corrected chi connectivity index (χ0v) is 19.0. The molecule has 1 aliphatic rings. The van der Waals surface area contributed by atoms with E-state index in [1.807, 2.05) is 6.92 Å². The lowest BCUT2D eigenvalue weighted by Crippen LogP contribution is -2.49.